The molecule has 0 radical (unpaired) electrons. The molecular formula is C23H22O7. The van der Waals surface area contributed by atoms with Crippen molar-refractivity contribution in [3.8, 4) is 11.5 Å². The molecule has 0 aromatic carbocycles. The number of benzene rings is 1. The minimum absolute atomic E-state index is 0.142. The minimum atomic E-state index is -0.690. The van der Waals surface area contributed by atoms with E-state index in [9.17, 15) is 14.7 Å². The van der Waals surface area contributed by atoms with Crippen molar-refractivity contribution in [2.75, 3.05) is 0 Å². The van der Waals surface area contributed by atoms with E-state index >= 15 is 0 Å². The summed E-state index contributed by atoms with van der Waals surface area (Å²) in [4.78, 5) is 24.5. The van der Waals surface area contributed by atoms with Crippen LogP contribution in [0.3, 0.4) is 0 Å². The van der Waals surface area contributed by atoms with Gasteiger partial charge in [-0.15, -0.1) is 0 Å². The Labute approximate surface area is 172 Å². The first-order chi connectivity index (χ1) is 14.3. The van der Waals surface area contributed by atoms with Gasteiger partial charge in [0.2, 0.25) is 11.5 Å². The van der Waals surface area contributed by atoms with E-state index in [1.165, 1.54) is 12.3 Å². The quantitative estimate of drug-likeness (QED) is 0.336. The highest BCUT2D eigenvalue weighted by Crippen LogP contribution is 2.62. The number of carbonyl (C=O) groups is 2. The Kier molecular flexibility index (Phi) is 3.40. The van der Waals surface area contributed by atoms with Crippen LogP contribution in [-0.2, 0) is 9.53 Å². The topological polar surface area (TPSA) is 95.2 Å². The molecule has 1 aliphatic heterocycles. The number of carbonyl (C=O) groups excluding carboxylic acids is 2. The molecule has 7 heteroatoms. The zero-order valence-corrected chi connectivity index (χ0v) is 16.4. The first-order valence-electron chi connectivity index (χ1n) is 10.3. The van der Waals surface area contributed by atoms with Crippen molar-refractivity contribution >= 4 is 23.1 Å². The molecule has 4 saturated carbocycles. The van der Waals surface area contributed by atoms with Gasteiger partial charge in [0.1, 0.15) is 11.2 Å². The molecule has 2 unspecified atom stereocenters. The summed E-state index contributed by atoms with van der Waals surface area (Å²) in [6.07, 6.45) is 5.80. The summed E-state index contributed by atoms with van der Waals surface area (Å²) in [6, 6.07) is 1.52. The van der Waals surface area contributed by atoms with E-state index in [1.807, 2.05) is 0 Å². The van der Waals surface area contributed by atoms with Crippen LogP contribution in [0.4, 0.5) is 0 Å². The van der Waals surface area contributed by atoms with Gasteiger partial charge in [0, 0.05) is 18.1 Å². The molecule has 2 aromatic heterocycles. The summed E-state index contributed by atoms with van der Waals surface area (Å²) in [6.45, 7) is 7.67. The van der Waals surface area contributed by atoms with Crippen LogP contribution in [0.25, 0.3) is 11.2 Å². The van der Waals surface area contributed by atoms with Gasteiger partial charge in [-0.25, -0.2) is 9.59 Å². The molecule has 7 rings (SSSR count). The molecule has 0 spiro atoms. The summed E-state index contributed by atoms with van der Waals surface area (Å²) in [5, 5.41) is 11.0. The number of furan rings is 2. The zero-order chi connectivity index (χ0) is 20.8. The molecular weight excluding hydrogens is 388 g/mol. The van der Waals surface area contributed by atoms with E-state index in [0.29, 0.717) is 35.1 Å². The van der Waals surface area contributed by atoms with E-state index in [0.717, 1.165) is 25.7 Å². The largest absolute Gasteiger partial charge is 0.495 e. The maximum Gasteiger partial charge on any atom is 0.347 e. The highest BCUT2D eigenvalue weighted by Gasteiger charge is 2.61. The fraction of sp³-hybridized carbons (Fsp3) is 0.478. The first kappa shape index (κ1) is 18.0. The average Bonchev–Trinajstić information content (AvgIpc) is 3.28. The molecule has 6 bridgehead atoms. The van der Waals surface area contributed by atoms with E-state index in [1.54, 1.807) is 0 Å². The van der Waals surface area contributed by atoms with Gasteiger partial charge < -0.3 is 23.7 Å². The van der Waals surface area contributed by atoms with Crippen LogP contribution in [-0.4, -0.2) is 28.2 Å². The molecule has 0 saturated heterocycles. The van der Waals surface area contributed by atoms with Gasteiger partial charge in [-0.2, -0.15) is 0 Å². The van der Waals surface area contributed by atoms with Crippen molar-refractivity contribution < 1.29 is 33.3 Å². The van der Waals surface area contributed by atoms with Crippen LogP contribution in [0.15, 0.2) is 35.5 Å². The fourth-order valence-corrected chi connectivity index (χ4v) is 6.68. The number of fused-ring (bicyclic) bond motifs is 1. The van der Waals surface area contributed by atoms with Crippen LogP contribution in [0.1, 0.15) is 48.9 Å². The van der Waals surface area contributed by atoms with Gasteiger partial charge >= 0.3 is 11.9 Å². The lowest BCUT2D eigenvalue weighted by atomic mass is 9.47. The van der Waals surface area contributed by atoms with Gasteiger partial charge in [-0.3, -0.25) is 0 Å². The van der Waals surface area contributed by atoms with E-state index in [-0.39, 0.29) is 34.9 Å². The minimum Gasteiger partial charge on any atom is -0.495 e. The smallest absolute Gasteiger partial charge is 0.347 e. The maximum atomic E-state index is 12.7. The normalized spacial score (nSPS) is 35.6. The average molecular weight is 410 g/mol. The zero-order valence-electron chi connectivity index (χ0n) is 16.4. The van der Waals surface area contributed by atoms with Crippen molar-refractivity contribution in [1.29, 1.82) is 0 Å². The third kappa shape index (κ3) is 2.35. The van der Waals surface area contributed by atoms with Crippen molar-refractivity contribution in [3.63, 3.8) is 0 Å². The van der Waals surface area contributed by atoms with E-state index in [4.69, 9.17) is 18.6 Å². The summed E-state index contributed by atoms with van der Waals surface area (Å²) in [7, 11) is 0. The monoisotopic (exact) mass is 410 g/mol. The van der Waals surface area contributed by atoms with Gasteiger partial charge in [0.05, 0.1) is 11.9 Å². The molecule has 3 heterocycles. The highest BCUT2D eigenvalue weighted by atomic mass is 16.6. The summed E-state index contributed by atoms with van der Waals surface area (Å²) in [5.74, 6) is 0.0438. The Morgan fingerprint density at radius 2 is 2.03 bits per heavy atom. The SMILES string of the molecule is C=COC12CC3CC(O)(CC(C1)C3CC(=C)C(=O)Oc1c3c4oc1cc4C(=O)O3)C2. The second-order valence-electron chi connectivity index (χ2n) is 9.47. The van der Waals surface area contributed by atoms with E-state index < -0.39 is 17.5 Å². The number of hydrogen-bond acceptors (Lipinski definition) is 7. The number of esters is 2. The van der Waals surface area contributed by atoms with E-state index in [2.05, 4.69) is 13.2 Å². The number of ether oxygens (including phenoxy) is 3. The van der Waals surface area contributed by atoms with Gasteiger partial charge in [0.25, 0.3) is 0 Å². The molecule has 2 atom stereocenters. The molecule has 0 amide bonds. The Morgan fingerprint density at radius 3 is 2.73 bits per heavy atom. The number of hydrogen-bond donors (Lipinski definition) is 1. The lowest BCUT2D eigenvalue weighted by Gasteiger charge is -2.62. The molecule has 1 N–H and O–H groups in total. The van der Waals surface area contributed by atoms with Crippen molar-refractivity contribution in [1.82, 2.24) is 0 Å². The van der Waals surface area contributed by atoms with Crippen LogP contribution in [0.5, 0.6) is 11.5 Å². The Morgan fingerprint density at radius 1 is 1.30 bits per heavy atom. The van der Waals surface area contributed by atoms with Crippen LogP contribution in [0.2, 0.25) is 0 Å². The molecule has 4 fully saturated rings. The highest BCUT2D eigenvalue weighted by molar-refractivity contribution is 6.10. The standard InChI is InChI=1S/C23H22O7/c1-3-27-23-8-12-6-22(26,10-23)7-13(9-23)14(12)4-11(2)20(24)29-18-16-5-15-17(28-16)19(18)30-21(15)25/h3,5,12-14,26H,1-2,4,6-10H2. The third-order valence-electron chi connectivity index (χ3n) is 7.50. The molecule has 7 nitrogen and oxygen atoms in total. The molecule has 5 aliphatic rings. The second kappa shape index (κ2) is 5.66. The van der Waals surface area contributed by atoms with Crippen LogP contribution >= 0.6 is 0 Å². The molecule has 30 heavy (non-hydrogen) atoms. The Hall–Kier alpha value is -2.80. The second-order valence-corrected chi connectivity index (χ2v) is 9.47. The van der Waals surface area contributed by atoms with Gasteiger partial charge in [-0.05, 0) is 49.9 Å². The molecule has 4 aliphatic carbocycles. The van der Waals surface area contributed by atoms with Crippen molar-refractivity contribution in [2.45, 2.75) is 49.7 Å². The van der Waals surface area contributed by atoms with Crippen molar-refractivity contribution in [3.05, 3.63) is 36.6 Å². The predicted molar refractivity (Wildman–Crippen MR) is 104 cm³/mol. The van der Waals surface area contributed by atoms with Gasteiger partial charge in [0.15, 0.2) is 11.2 Å². The van der Waals surface area contributed by atoms with Crippen LogP contribution < -0.4 is 9.47 Å². The van der Waals surface area contributed by atoms with Gasteiger partial charge in [-0.1, -0.05) is 13.2 Å². The molecule has 2 aromatic rings. The van der Waals surface area contributed by atoms with Crippen LogP contribution in [0, 0.1) is 17.8 Å². The number of aliphatic hydroxyl groups is 1. The maximum absolute atomic E-state index is 12.7. The first-order valence-corrected chi connectivity index (χ1v) is 10.3. The summed E-state index contributed by atoms with van der Waals surface area (Å²) < 4.78 is 22.0. The summed E-state index contributed by atoms with van der Waals surface area (Å²) >= 11 is 0. The van der Waals surface area contributed by atoms with Crippen molar-refractivity contribution in [2.24, 2.45) is 17.8 Å². The Balaban J connectivity index is 1.17. The fourth-order valence-electron chi connectivity index (χ4n) is 6.68. The predicted octanol–water partition coefficient (Wildman–Crippen LogP) is 3.72. The number of rotatable bonds is 6. The Bertz CT molecular complexity index is 1090. The lowest BCUT2D eigenvalue weighted by Crippen LogP contribution is -2.62. The summed E-state index contributed by atoms with van der Waals surface area (Å²) in [5.41, 5.74) is 0.351. The molecule has 156 valence electrons. The lowest BCUT2D eigenvalue weighted by molar-refractivity contribution is -0.221. The third-order valence-corrected chi connectivity index (χ3v) is 7.50.